The van der Waals surface area contributed by atoms with Gasteiger partial charge in [0.05, 0.1) is 21.6 Å². The zero-order valence-corrected chi connectivity index (χ0v) is 18.4. The van der Waals surface area contributed by atoms with Crippen molar-refractivity contribution in [3.05, 3.63) is 77.3 Å². The standard InChI is InChI=1S/C24H18ClF3N6/c25-18-13-14(24(26,27)28)9-10-15(18)23-31-19-7-3-1-5-16(19)21(32-23)29-11-12-30-22-17-6-2-4-8-20(17)33-34-22/h1-10,13H,11-12H2,(H,29,31,32)(H2,30,33,34). The predicted octanol–water partition coefficient (Wildman–Crippen LogP) is 6.37. The van der Waals surface area contributed by atoms with E-state index in [1.54, 1.807) is 0 Å². The van der Waals surface area contributed by atoms with Gasteiger partial charge in [0.15, 0.2) is 11.6 Å². The normalized spacial score (nSPS) is 11.8. The van der Waals surface area contributed by atoms with Crippen LogP contribution in [-0.4, -0.2) is 33.3 Å². The smallest absolute Gasteiger partial charge is 0.368 e. The molecule has 0 saturated carbocycles. The second-order valence-corrected chi connectivity index (χ2v) is 7.98. The van der Waals surface area contributed by atoms with Gasteiger partial charge in [-0.05, 0) is 42.5 Å². The van der Waals surface area contributed by atoms with Crippen molar-refractivity contribution < 1.29 is 13.2 Å². The van der Waals surface area contributed by atoms with Crippen LogP contribution in [0.15, 0.2) is 66.7 Å². The lowest BCUT2D eigenvalue weighted by Gasteiger charge is -2.13. The van der Waals surface area contributed by atoms with E-state index >= 15 is 0 Å². The van der Waals surface area contributed by atoms with Gasteiger partial charge in [-0.15, -0.1) is 0 Å². The van der Waals surface area contributed by atoms with Crippen LogP contribution in [0.5, 0.6) is 0 Å². The maximum atomic E-state index is 13.0. The average Bonchev–Trinajstić information content (AvgIpc) is 3.24. The van der Waals surface area contributed by atoms with E-state index in [-0.39, 0.29) is 10.8 Å². The lowest BCUT2D eigenvalue weighted by atomic mass is 10.1. The Kier molecular flexibility index (Phi) is 5.70. The molecule has 5 rings (SSSR count). The van der Waals surface area contributed by atoms with Crippen molar-refractivity contribution in [1.29, 1.82) is 0 Å². The van der Waals surface area contributed by atoms with E-state index in [4.69, 9.17) is 11.6 Å². The Labute approximate surface area is 197 Å². The van der Waals surface area contributed by atoms with Crippen molar-refractivity contribution in [2.45, 2.75) is 6.18 Å². The van der Waals surface area contributed by atoms with E-state index in [1.165, 1.54) is 6.07 Å². The van der Waals surface area contributed by atoms with E-state index in [1.807, 2.05) is 48.5 Å². The minimum Gasteiger partial charge on any atom is -0.368 e. The monoisotopic (exact) mass is 482 g/mol. The first-order chi connectivity index (χ1) is 16.4. The third kappa shape index (κ3) is 4.34. The SMILES string of the molecule is FC(F)(F)c1ccc(-c2nc(NCCNc3n[nH]c4ccccc34)c3ccccc3n2)c(Cl)c1. The molecule has 34 heavy (non-hydrogen) atoms. The Morgan fingerprint density at radius 1 is 0.824 bits per heavy atom. The number of aromatic nitrogens is 4. The van der Waals surface area contributed by atoms with Gasteiger partial charge in [0, 0.05) is 29.4 Å². The van der Waals surface area contributed by atoms with Crippen LogP contribution in [0.25, 0.3) is 33.2 Å². The molecule has 0 aliphatic rings. The average molecular weight is 483 g/mol. The highest BCUT2D eigenvalue weighted by atomic mass is 35.5. The summed E-state index contributed by atoms with van der Waals surface area (Å²) in [5.41, 5.74) is 1.09. The largest absolute Gasteiger partial charge is 0.416 e. The molecule has 0 aliphatic heterocycles. The highest BCUT2D eigenvalue weighted by Gasteiger charge is 2.31. The molecule has 6 nitrogen and oxygen atoms in total. The lowest BCUT2D eigenvalue weighted by Crippen LogP contribution is -2.15. The highest BCUT2D eigenvalue weighted by Crippen LogP contribution is 2.35. The number of nitrogens with zero attached hydrogens (tertiary/aromatic N) is 3. The first-order valence-corrected chi connectivity index (χ1v) is 10.8. The summed E-state index contributed by atoms with van der Waals surface area (Å²) in [4.78, 5) is 9.09. The number of para-hydroxylation sites is 2. The topological polar surface area (TPSA) is 78.5 Å². The summed E-state index contributed by atoms with van der Waals surface area (Å²) >= 11 is 6.18. The van der Waals surface area contributed by atoms with Crippen molar-refractivity contribution in [2.75, 3.05) is 23.7 Å². The number of H-pyrrole nitrogens is 1. The number of aromatic amines is 1. The summed E-state index contributed by atoms with van der Waals surface area (Å²) in [5, 5.41) is 15.6. The molecule has 0 spiro atoms. The van der Waals surface area contributed by atoms with Crippen LogP contribution in [0.1, 0.15) is 5.56 Å². The molecule has 172 valence electrons. The molecule has 5 aromatic rings. The van der Waals surface area contributed by atoms with Crippen LogP contribution in [-0.2, 0) is 6.18 Å². The third-order valence-corrected chi connectivity index (χ3v) is 5.63. The number of fused-ring (bicyclic) bond motifs is 2. The molecule has 0 unspecified atom stereocenters. The fourth-order valence-electron chi connectivity index (χ4n) is 3.66. The van der Waals surface area contributed by atoms with Gasteiger partial charge in [-0.3, -0.25) is 5.10 Å². The molecule has 3 aromatic carbocycles. The number of benzene rings is 3. The van der Waals surface area contributed by atoms with Crippen LogP contribution < -0.4 is 10.6 Å². The van der Waals surface area contributed by atoms with Crippen LogP contribution in [0.3, 0.4) is 0 Å². The Bertz CT molecular complexity index is 1480. The summed E-state index contributed by atoms with van der Waals surface area (Å²) in [6.45, 7) is 1.08. The van der Waals surface area contributed by atoms with Gasteiger partial charge in [0.25, 0.3) is 0 Å². The van der Waals surface area contributed by atoms with E-state index in [0.717, 1.165) is 34.2 Å². The zero-order valence-electron chi connectivity index (χ0n) is 17.6. The summed E-state index contributed by atoms with van der Waals surface area (Å²) in [6, 6.07) is 18.4. The predicted molar refractivity (Wildman–Crippen MR) is 128 cm³/mol. The van der Waals surface area contributed by atoms with Crippen molar-refractivity contribution in [3.8, 4) is 11.4 Å². The first-order valence-electron chi connectivity index (χ1n) is 10.4. The molecule has 2 heterocycles. The Hall–Kier alpha value is -3.85. The van der Waals surface area contributed by atoms with Crippen LogP contribution in [0.2, 0.25) is 5.02 Å². The Balaban J connectivity index is 1.39. The zero-order chi connectivity index (χ0) is 23.7. The molecule has 3 N–H and O–H groups in total. The molecular formula is C24H18ClF3N6. The molecule has 0 fully saturated rings. The molecule has 2 aromatic heterocycles. The van der Waals surface area contributed by atoms with Gasteiger partial charge in [0.2, 0.25) is 0 Å². The number of rotatable bonds is 6. The third-order valence-electron chi connectivity index (χ3n) is 5.32. The van der Waals surface area contributed by atoms with Gasteiger partial charge in [-0.1, -0.05) is 35.9 Å². The van der Waals surface area contributed by atoms with Gasteiger partial charge in [0.1, 0.15) is 5.82 Å². The van der Waals surface area contributed by atoms with Crippen molar-refractivity contribution in [2.24, 2.45) is 0 Å². The number of hydrogen-bond acceptors (Lipinski definition) is 5. The molecule has 0 saturated heterocycles. The first kappa shape index (κ1) is 22.0. The molecule has 0 radical (unpaired) electrons. The molecule has 0 atom stereocenters. The van der Waals surface area contributed by atoms with E-state index in [9.17, 15) is 13.2 Å². The number of anilines is 2. The van der Waals surface area contributed by atoms with Gasteiger partial charge >= 0.3 is 6.18 Å². The molecule has 0 bridgehead atoms. The van der Waals surface area contributed by atoms with Gasteiger partial charge in [-0.25, -0.2) is 9.97 Å². The van der Waals surface area contributed by atoms with Crippen LogP contribution in [0.4, 0.5) is 24.8 Å². The number of alkyl halides is 3. The number of halogens is 4. The van der Waals surface area contributed by atoms with Crippen molar-refractivity contribution in [3.63, 3.8) is 0 Å². The minimum atomic E-state index is -4.48. The van der Waals surface area contributed by atoms with Crippen molar-refractivity contribution >= 4 is 45.0 Å². The second-order valence-electron chi connectivity index (χ2n) is 7.58. The van der Waals surface area contributed by atoms with E-state index in [0.29, 0.717) is 30.0 Å². The number of nitrogens with one attached hydrogen (secondary N) is 3. The molecular weight excluding hydrogens is 465 g/mol. The van der Waals surface area contributed by atoms with E-state index in [2.05, 4.69) is 30.8 Å². The summed E-state index contributed by atoms with van der Waals surface area (Å²) in [7, 11) is 0. The highest BCUT2D eigenvalue weighted by molar-refractivity contribution is 6.33. The quantitative estimate of drug-likeness (QED) is 0.245. The summed E-state index contributed by atoms with van der Waals surface area (Å²) in [5.74, 6) is 1.55. The van der Waals surface area contributed by atoms with Gasteiger partial charge < -0.3 is 10.6 Å². The van der Waals surface area contributed by atoms with Crippen molar-refractivity contribution in [1.82, 2.24) is 20.2 Å². The van der Waals surface area contributed by atoms with Crippen LogP contribution >= 0.6 is 11.6 Å². The van der Waals surface area contributed by atoms with E-state index < -0.39 is 11.7 Å². The second kappa shape index (κ2) is 8.83. The summed E-state index contributed by atoms with van der Waals surface area (Å²) in [6.07, 6.45) is -4.48. The van der Waals surface area contributed by atoms with Gasteiger partial charge in [-0.2, -0.15) is 18.3 Å². The fraction of sp³-hybridized carbons (Fsp3) is 0.125. The Morgan fingerprint density at radius 3 is 2.29 bits per heavy atom. The number of hydrogen-bond donors (Lipinski definition) is 3. The van der Waals surface area contributed by atoms with Crippen LogP contribution in [0, 0.1) is 0 Å². The lowest BCUT2D eigenvalue weighted by molar-refractivity contribution is -0.137. The molecule has 10 heteroatoms. The fourth-order valence-corrected chi connectivity index (χ4v) is 3.93. The maximum absolute atomic E-state index is 13.0. The summed E-state index contributed by atoms with van der Waals surface area (Å²) < 4.78 is 39.1. The minimum absolute atomic E-state index is 0.0665. The Morgan fingerprint density at radius 2 is 1.53 bits per heavy atom. The maximum Gasteiger partial charge on any atom is 0.416 e. The molecule has 0 amide bonds. The molecule has 0 aliphatic carbocycles.